The summed E-state index contributed by atoms with van der Waals surface area (Å²) in [6, 6.07) is 1.29. The number of fused-ring (bicyclic) bond motifs is 1. The fourth-order valence-electron chi connectivity index (χ4n) is 3.28. The Hall–Kier alpha value is -0.870. The van der Waals surface area contributed by atoms with Crippen molar-refractivity contribution in [1.29, 1.82) is 0 Å². The number of aryl methyl sites for hydroxylation is 1. The highest BCUT2D eigenvalue weighted by Gasteiger charge is 2.31. The number of rotatable bonds is 2. The van der Waals surface area contributed by atoms with Crippen LogP contribution < -0.4 is 5.32 Å². The van der Waals surface area contributed by atoms with Crippen LogP contribution in [0, 0.1) is 13.8 Å². The zero-order valence-electron chi connectivity index (χ0n) is 11.6. The van der Waals surface area contributed by atoms with Gasteiger partial charge < -0.3 is 10.2 Å². The Kier molecular flexibility index (Phi) is 3.63. The van der Waals surface area contributed by atoms with Gasteiger partial charge in [-0.05, 0) is 46.1 Å². The van der Waals surface area contributed by atoms with Gasteiger partial charge in [-0.3, -0.25) is 0 Å². The lowest BCUT2D eigenvalue weighted by atomic mass is 9.97. The van der Waals surface area contributed by atoms with Crippen molar-refractivity contribution in [3.63, 3.8) is 0 Å². The molecule has 1 aromatic heterocycles. The smallest absolute Gasteiger partial charge is 0.137 e. The van der Waals surface area contributed by atoms with Crippen LogP contribution in [0.25, 0.3) is 0 Å². The van der Waals surface area contributed by atoms with E-state index in [1.54, 1.807) is 0 Å². The van der Waals surface area contributed by atoms with Gasteiger partial charge in [0.1, 0.15) is 16.8 Å². The number of piperidine rings is 1. The molecule has 0 bridgehead atoms. The van der Waals surface area contributed by atoms with Gasteiger partial charge in [-0.25, -0.2) is 9.97 Å². The molecule has 0 aliphatic carbocycles. The highest BCUT2D eigenvalue weighted by atomic mass is 35.5. The van der Waals surface area contributed by atoms with E-state index < -0.39 is 0 Å². The maximum Gasteiger partial charge on any atom is 0.137 e. The maximum absolute atomic E-state index is 6.13. The summed E-state index contributed by atoms with van der Waals surface area (Å²) in [6.07, 6.45) is 5.12. The largest absolute Gasteiger partial charge is 0.367 e. The molecular weight excluding hydrogens is 260 g/mol. The molecule has 2 fully saturated rings. The molecule has 1 aromatic rings. The number of anilines is 1. The standard InChI is InChI=1S/C14H21ClN4/c1-9-13(15)16-10(2)17-14(9)18-11-5-7-19-6-3-4-12(19)8-11/h11-12H,3-8H2,1-2H3,(H,16,17,18). The van der Waals surface area contributed by atoms with Gasteiger partial charge in [0.15, 0.2) is 0 Å². The van der Waals surface area contributed by atoms with E-state index in [4.69, 9.17) is 11.6 Å². The Morgan fingerprint density at radius 3 is 2.89 bits per heavy atom. The summed E-state index contributed by atoms with van der Waals surface area (Å²) in [7, 11) is 0. The molecule has 1 N–H and O–H groups in total. The van der Waals surface area contributed by atoms with Crippen LogP contribution in [0.15, 0.2) is 0 Å². The van der Waals surface area contributed by atoms with E-state index in [0.29, 0.717) is 11.2 Å². The minimum Gasteiger partial charge on any atom is -0.367 e. The molecule has 4 nitrogen and oxygen atoms in total. The lowest BCUT2D eigenvalue weighted by molar-refractivity contribution is 0.188. The Balaban J connectivity index is 1.71. The van der Waals surface area contributed by atoms with Crippen LogP contribution in [0.4, 0.5) is 5.82 Å². The first-order chi connectivity index (χ1) is 9.13. The molecule has 0 spiro atoms. The fourth-order valence-corrected chi connectivity index (χ4v) is 3.50. The number of hydrogen-bond donors (Lipinski definition) is 1. The molecule has 19 heavy (non-hydrogen) atoms. The molecule has 0 aromatic carbocycles. The summed E-state index contributed by atoms with van der Waals surface area (Å²) in [5, 5.41) is 4.14. The molecule has 0 radical (unpaired) electrons. The second-order valence-corrected chi connectivity index (χ2v) is 6.09. The lowest BCUT2D eigenvalue weighted by Gasteiger charge is -2.35. The average molecular weight is 281 g/mol. The number of nitrogens with one attached hydrogen (secondary N) is 1. The zero-order chi connectivity index (χ0) is 13.4. The maximum atomic E-state index is 6.13. The number of hydrogen-bond acceptors (Lipinski definition) is 4. The first-order valence-electron chi connectivity index (χ1n) is 7.15. The van der Waals surface area contributed by atoms with Crippen LogP contribution in [0.5, 0.6) is 0 Å². The molecule has 2 unspecified atom stereocenters. The minimum absolute atomic E-state index is 0.517. The van der Waals surface area contributed by atoms with E-state index >= 15 is 0 Å². The number of nitrogens with zero attached hydrogens (tertiary/aromatic N) is 3. The number of halogens is 1. The Bertz CT molecular complexity index is 477. The van der Waals surface area contributed by atoms with Gasteiger partial charge in [-0.1, -0.05) is 11.6 Å². The van der Waals surface area contributed by atoms with Gasteiger partial charge in [-0.15, -0.1) is 0 Å². The summed E-state index contributed by atoms with van der Waals surface area (Å²) in [5.41, 5.74) is 0.959. The summed E-state index contributed by atoms with van der Waals surface area (Å²) >= 11 is 6.13. The molecule has 104 valence electrons. The van der Waals surface area contributed by atoms with E-state index in [9.17, 15) is 0 Å². The molecule has 0 amide bonds. The van der Waals surface area contributed by atoms with Gasteiger partial charge in [0.25, 0.3) is 0 Å². The molecule has 3 rings (SSSR count). The Morgan fingerprint density at radius 2 is 2.05 bits per heavy atom. The third kappa shape index (κ3) is 2.70. The number of aromatic nitrogens is 2. The molecule has 5 heteroatoms. The average Bonchev–Trinajstić information content (AvgIpc) is 2.82. The van der Waals surface area contributed by atoms with Crippen LogP contribution in [-0.2, 0) is 0 Å². The first kappa shape index (κ1) is 13.1. The summed E-state index contributed by atoms with van der Waals surface area (Å²) in [5.74, 6) is 1.64. The van der Waals surface area contributed by atoms with E-state index in [0.717, 1.165) is 23.2 Å². The monoisotopic (exact) mass is 280 g/mol. The highest BCUT2D eigenvalue weighted by Crippen LogP contribution is 2.29. The molecule has 0 saturated carbocycles. The lowest BCUT2D eigenvalue weighted by Crippen LogP contribution is -2.43. The van der Waals surface area contributed by atoms with Crippen LogP contribution in [0.1, 0.15) is 37.1 Å². The van der Waals surface area contributed by atoms with Crippen molar-refractivity contribution >= 4 is 17.4 Å². The van der Waals surface area contributed by atoms with Gasteiger partial charge in [0, 0.05) is 24.2 Å². The van der Waals surface area contributed by atoms with Crippen molar-refractivity contribution in [3.05, 3.63) is 16.5 Å². The van der Waals surface area contributed by atoms with Crippen molar-refractivity contribution in [2.45, 2.75) is 51.6 Å². The first-order valence-corrected chi connectivity index (χ1v) is 7.52. The fraction of sp³-hybridized carbons (Fsp3) is 0.714. The third-order valence-corrected chi connectivity index (χ3v) is 4.73. The Labute approximate surface area is 119 Å². The Morgan fingerprint density at radius 1 is 1.21 bits per heavy atom. The third-order valence-electron chi connectivity index (χ3n) is 4.36. The molecule has 2 saturated heterocycles. The summed E-state index contributed by atoms with van der Waals surface area (Å²) < 4.78 is 0. The topological polar surface area (TPSA) is 41.1 Å². The molecule has 3 heterocycles. The van der Waals surface area contributed by atoms with Crippen LogP contribution >= 0.6 is 11.6 Å². The SMILES string of the molecule is Cc1nc(Cl)c(C)c(NC2CCN3CCCC3C2)n1. The van der Waals surface area contributed by atoms with Gasteiger partial charge in [0.2, 0.25) is 0 Å². The molecule has 2 aliphatic heterocycles. The van der Waals surface area contributed by atoms with Crippen molar-refractivity contribution in [3.8, 4) is 0 Å². The second-order valence-electron chi connectivity index (χ2n) is 5.73. The van der Waals surface area contributed by atoms with Crippen molar-refractivity contribution in [2.24, 2.45) is 0 Å². The highest BCUT2D eigenvalue weighted by molar-refractivity contribution is 6.30. The van der Waals surface area contributed by atoms with Gasteiger partial charge in [-0.2, -0.15) is 0 Å². The second kappa shape index (κ2) is 5.25. The van der Waals surface area contributed by atoms with E-state index in [1.807, 2.05) is 13.8 Å². The van der Waals surface area contributed by atoms with E-state index in [1.165, 1.54) is 38.8 Å². The molecule has 2 aliphatic rings. The predicted octanol–water partition coefficient (Wildman–Crippen LogP) is 2.79. The normalized spacial score (nSPS) is 27.3. The van der Waals surface area contributed by atoms with Crippen molar-refractivity contribution < 1.29 is 0 Å². The van der Waals surface area contributed by atoms with Crippen LogP contribution in [-0.4, -0.2) is 40.0 Å². The van der Waals surface area contributed by atoms with Crippen molar-refractivity contribution in [1.82, 2.24) is 14.9 Å². The molecule has 2 atom stereocenters. The molecular formula is C14H21ClN4. The van der Waals surface area contributed by atoms with Crippen LogP contribution in [0.3, 0.4) is 0 Å². The minimum atomic E-state index is 0.517. The van der Waals surface area contributed by atoms with E-state index in [-0.39, 0.29) is 0 Å². The predicted molar refractivity (Wildman–Crippen MR) is 77.8 cm³/mol. The summed E-state index contributed by atoms with van der Waals surface area (Å²) in [6.45, 7) is 6.36. The van der Waals surface area contributed by atoms with Crippen molar-refractivity contribution in [2.75, 3.05) is 18.4 Å². The quantitative estimate of drug-likeness (QED) is 0.846. The van der Waals surface area contributed by atoms with Crippen LogP contribution in [0.2, 0.25) is 5.15 Å². The summed E-state index contributed by atoms with van der Waals surface area (Å²) in [4.78, 5) is 11.3. The van der Waals surface area contributed by atoms with Gasteiger partial charge >= 0.3 is 0 Å². The van der Waals surface area contributed by atoms with Gasteiger partial charge in [0.05, 0.1) is 0 Å². The van der Waals surface area contributed by atoms with E-state index in [2.05, 4.69) is 20.2 Å². The zero-order valence-corrected chi connectivity index (χ0v) is 12.4.